The Morgan fingerprint density at radius 1 is 0.469 bits per heavy atom. The monoisotopic (exact) mass is 643 g/mol. The van der Waals surface area contributed by atoms with Gasteiger partial charge in [-0.2, -0.15) is 0 Å². The fraction of sp³-hybridized carbons (Fsp3) is 0. The lowest BCUT2D eigenvalue weighted by atomic mass is 10.0. The summed E-state index contributed by atoms with van der Waals surface area (Å²) in [7, 11) is 0. The first-order valence-corrected chi connectivity index (χ1v) is 17.2. The van der Waals surface area contributed by atoms with E-state index in [1.807, 2.05) is 12.3 Å². The van der Waals surface area contributed by atoms with Crippen LogP contribution in [0.5, 0.6) is 0 Å². The highest BCUT2D eigenvalue weighted by molar-refractivity contribution is 7.26. The van der Waals surface area contributed by atoms with Gasteiger partial charge in [0.05, 0.1) is 37.0 Å². The van der Waals surface area contributed by atoms with Crippen molar-refractivity contribution in [2.75, 3.05) is 0 Å². The fourth-order valence-electron chi connectivity index (χ4n) is 7.77. The van der Waals surface area contributed by atoms with Crippen LogP contribution in [0.2, 0.25) is 0 Å². The van der Waals surface area contributed by atoms with Gasteiger partial charge >= 0.3 is 0 Å². The zero-order valence-corrected chi connectivity index (χ0v) is 26.9. The smallest absolute Gasteiger partial charge is 0.235 e. The van der Waals surface area contributed by atoms with Crippen molar-refractivity contribution in [1.29, 1.82) is 0 Å². The molecule has 49 heavy (non-hydrogen) atoms. The standard InChI is InChI=1S/C43H25N5S/c1-3-14-26(15-4-1)37-41-38(31-21-10-12-23-33(31)47(41)27-16-5-2-6-17-27)46-43(45-37)48-32-22-11-9-20-30(32)35-28-18-7-8-19-29(28)36-39-34(24-13-25-44-39)49-42(36)40(35)48/h1-25H. The molecule has 0 bridgehead atoms. The number of benzene rings is 6. The van der Waals surface area contributed by atoms with Crippen LogP contribution in [0.3, 0.4) is 0 Å². The highest BCUT2D eigenvalue weighted by atomic mass is 32.1. The maximum absolute atomic E-state index is 5.56. The molecule has 5 nitrogen and oxygen atoms in total. The molecule has 0 N–H and O–H groups in total. The van der Waals surface area contributed by atoms with Gasteiger partial charge in [-0.05, 0) is 47.2 Å². The summed E-state index contributed by atoms with van der Waals surface area (Å²) in [6.45, 7) is 0. The molecule has 5 aromatic heterocycles. The minimum absolute atomic E-state index is 0.649. The van der Waals surface area contributed by atoms with Gasteiger partial charge < -0.3 is 4.57 Å². The van der Waals surface area contributed by atoms with Gasteiger partial charge in [0.2, 0.25) is 5.95 Å². The number of rotatable bonds is 3. The summed E-state index contributed by atoms with van der Waals surface area (Å²) in [5, 5.41) is 7.07. The summed E-state index contributed by atoms with van der Waals surface area (Å²) < 4.78 is 6.97. The van der Waals surface area contributed by atoms with E-state index in [4.69, 9.17) is 15.0 Å². The number of thiophene rings is 1. The number of aromatic nitrogens is 5. The number of fused-ring (bicyclic) bond motifs is 13. The van der Waals surface area contributed by atoms with Gasteiger partial charge in [-0.3, -0.25) is 9.55 Å². The van der Waals surface area contributed by atoms with Gasteiger partial charge in [0, 0.05) is 39.0 Å². The van der Waals surface area contributed by atoms with Crippen LogP contribution in [0.25, 0.3) is 97.7 Å². The summed E-state index contributed by atoms with van der Waals surface area (Å²) in [5.41, 5.74) is 9.23. The number of nitrogens with zero attached hydrogens (tertiary/aromatic N) is 5. The van der Waals surface area contributed by atoms with Crippen molar-refractivity contribution in [2.24, 2.45) is 0 Å². The molecule has 0 atom stereocenters. The summed E-state index contributed by atoms with van der Waals surface area (Å²) in [6.07, 6.45) is 1.90. The van der Waals surface area contributed by atoms with Crippen LogP contribution in [-0.2, 0) is 0 Å². The van der Waals surface area contributed by atoms with Crippen LogP contribution in [-0.4, -0.2) is 24.1 Å². The number of pyridine rings is 1. The first-order chi connectivity index (χ1) is 24.3. The van der Waals surface area contributed by atoms with Crippen molar-refractivity contribution in [1.82, 2.24) is 24.1 Å². The fourth-order valence-corrected chi connectivity index (χ4v) is 8.99. The average molecular weight is 644 g/mol. The summed E-state index contributed by atoms with van der Waals surface area (Å²) in [5.74, 6) is 0.649. The molecule has 6 aromatic carbocycles. The number of para-hydroxylation sites is 3. The lowest BCUT2D eigenvalue weighted by Gasteiger charge is -2.13. The second-order valence-electron chi connectivity index (χ2n) is 12.4. The quantitative estimate of drug-likeness (QED) is 0.192. The topological polar surface area (TPSA) is 48.5 Å². The zero-order chi connectivity index (χ0) is 32.1. The molecule has 0 unspecified atom stereocenters. The van der Waals surface area contributed by atoms with E-state index in [1.54, 1.807) is 11.3 Å². The molecule has 0 fully saturated rings. The molecule has 0 aliphatic carbocycles. The van der Waals surface area contributed by atoms with Gasteiger partial charge in [-0.1, -0.05) is 109 Å². The van der Waals surface area contributed by atoms with Gasteiger partial charge in [0.1, 0.15) is 11.2 Å². The highest BCUT2D eigenvalue weighted by Gasteiger charge is 2.26. The Kier molecular flexibility index (Phi) is 5.48. The maximum Gasteiger partial charge on any atom is 0.235 e. The predicted octanol–water partition coefficient (Wildman–Crippen LogP) is 11.3. The minimum Gasteiger partial charge on any atom is -0.306 e. The SMILES string of the molecule is c1ccc(-c2nc(-n3c4ccccc4c4c5ccccc5c5c6ncccc6sc5c43)nc3c4ccccc4n(-c4ccccc4)c23)cc1. The minimum atomic E-state index is 0.649. The molecule has 11 rings (SSSR count). The van der Waals surface area contributed by atoms with Crippen molar-refractivity contribution in [2.45, 2.75) is 0 Å². The summed E-state index contributed by atoms with van der Waals surface area (Å²) in [6, 6.07) is 51.2. The normalized spacial score (nSPS) is 12.1. The second-order valence-corrected chi connectivity index (χ2v) is 13.5. The van der Waals surface area contributed by atoms with E-state index in [1.165, 1.54) is 36.3 Å². The zero-order valence-electron chi connectivity index (χ0n) is 26.1. The van der Waals surface area contributed by atoms with Crippen LogP contribution in [0, 0.1) is 0 Å². The maximum atomic E-state index is 5.56. The molecule has 11 aromatic rings. The largest absolute Gasteiger partial charge is 0.306 e. The van der Waals surface area contributed by atoms with Crippen LogP contribution in [0.15, 0.2) is 152 Å². The molecular formula is C43H25N5S. The summed E-state index contributed by atoms with van der Waals surface area (Å²) >= 11 is 1.80. The molecule has 0 radical (unpaired) electrons. The van der Waals surface area contributed by atoms with Crippen LogP contribution < -0.4 is 0 Å². The van der Waals surface area contributed by atoms with Gasteiger partial charge in [0.25, 0.3) is 0 Å². The van der Waals surface area contributed by atoms with Crippen LogP contribution in [0.1, 0.15) is 0 Å². The Morgan fingerprint density at radius 2 is 1.10 bits per heavy atom. The van der Waals surface area contributed by atoms with E-state index in [0.29, 0.717) is 5.95 Å². The van der Waals surface area contributed by atoms with Crippen molar-refractivity contribution in [3.8, 4) is 22.9 Å². The van der Waals surface area contributed by atoms with Crippen molar-refractivity contribution < 1.29 is 0 Å². The molecule has 0 amide bonds. The average Bonchev–Trinajstić information content (AvgIpc) is 3.84. The number of hydrogen-bond acceptors (Lipinski definition) is 4. The Hall–Kier alpha value is -6.37. The first kappa shape index (κ1) is 26.7. The summed E-state index contributed by atoms with van der Waals surface area (Å²) in [4.78, 5) is 16.0. The third kappa shape index (κ3) is 3.66. The Morgan fingerprint density at radius 3 is 1.88 bits per heavy atom. The Balaban J connectivity index is 1.38. The molecule has 0 saturated heterocycles. The van der Waals surface area contributed by atoms with E-state index in [0.717, 1.165) is 55.4 Å². The Bertz CT molecular complexity index is 3100. The van der Waals surface area contributed by atoms with Crippen molar-refractivity contribution in [3.05, 3.63) is 152 Å². The van der Waals surface area contributed by atoms with E-state index in [9.17, 15) is 0 Å². The van der Waals surface area contributed by atoms with Gasteiger partial charge in [-0.15, -0.1) is 11.3 Å². The van der Waals surface area contributed by atoms with E-state index in [-0.39, 0.29) is 0 Å². The van der Waals surface area contributed by atoms with Crippen molar-refractivity contribution >= 4 is 86.2 Å². The molecule has 0 aliphatic heterocycles. The third-order valence-corrected chi connectivity index (χ3v) is 10.9. The molecule has 228 valence electrons. The highest BCUT2D eigenvalue weighted by Crippen LogP contribution is 2.47. The van der Waals surface area contributed by atoms with E-state index >= 15 is 0 Å². The Labute approximate surface area is 284 Å². The lowest BCUT2D eigenvalue weighted by Crippen LogP contribution is -2.05. The van der Waals surface area contributed by atoms with E-state index < -0.39 is 0 Å². The molecule has 0 saturated carbocycles. The van der Waals surface area contributed by atoms with E-state index in [2.05, 4.69) is 149 Å². The second kappa shape index (κ2) is 10.1. The third-order valence-electron chi connectivity index (χ3n) is 9.76. The molecular weight excluding hydrogens is 619 g/mol. The number of hydrogen-bond donors (Lipinski definition) is 0. The van der Waals surface area contributed by atoms with Gasteiger partial charge in [0.15, 0.2) is 0 Å². The van der Waals surface area contributed by atoms with Crippen LogP contribution >= 0.6 is 11.3 Å². The van der Waals surface area contributed by atoms with Crippen LogP contribution in [0.4, 0.5) is 0 Å². The first-order valence-electron chi connectivity index (χ1n) is 16.4. The molecule has 5 heterocycles. The van der Waals surface area contributed by atoms with Crippen molar-refractivity contribution in [3.63, 3.8) is 0 Å². The lowest BCUT2D eigenvalue weighted by molar-refractivity contribution is 1.01. The molecule has 0 spiro atoms. The molecule has 6 heteroatoms. The van der Waals surface area contributed by atoms with Gasteiger partial charge in [-0.25, -0.2) is 9.97 Å². The predicted molar refractivity (Wildman–Crippen MR) is 204 cm³/mol. The molecule has 0 aliphatic rings.